The Labute approximate surface area is 189 Å². The van der Waals surface area contributed by atoms with E-state index in [1.54, 1.807) is 28.4 Å². The van der Waals surface area contributed by atoms with Crippen molar-refractivity contribution < 1.29 is 14.2 Å². The summed E-state index contributed by atoms with van der Waals surface area (Å²) >= 11 is 0. The van der Waals surface area contributed by atoms with Gasteiger partial charge in [-0.25, -0.2) is 4.98 Å². The highest BCUT2D eigenvalue weighted by Gasteiger charge is 2.16. The molecule has 3 rings (SSSR count). The number of aromatic nitrogens is 2. The van der Waals surface area contributed by atoms with Gasteiger partial charge in [0.15, 0.2) is 17.5 Å². The number of nitrogens with zero attached hydrogens (tertiary/aromatic N) is 3. The lowest BCUT2D eigenvalue weighted by molar-refractivity contribution is 0.322. The predicted molar refractivity (Wildman–Crippen MR) is 127 cm³/mol. The van der Waals surface area contributed by atoms with Crippen molar-refractivity contribution in [1.82, 2.24) is 20.2 Å². The van der Waals surface area contributed by atoms with Gasteiger partial charge in [0.05, 0.1) is 39.8 Å². The van der Waals surface area contributed by atoms with Crippen LogP contribution in [0.25, 0.3) is 11.3 Å². The van der Waals surface area contributed by atoms with E-state index in [2.05, 4.69) is 32.4 Å². The number of imidazole rings is 1. The molecule has 170 valence electrons. The molecule has 3 aromatic rings. The molecule has 0 saturated carbocycles. The number of aliphatic imine (C=N–C) groups is 1. The maximum atomic E-state index is 5.57. The first kappa shape index (κ1) is 23.0. The van der Waals surface area contributed by atoms with Crippen LogP contribution in [-0.4, -0.2) is 62.8 Å². The zero-order valence-electron chi connectivity index (χ0n) is 19.3. The Hall–Kier alpha value is -3.68. The van der Waals surface area contributed by atoms with Crippen LogP contribution in [0.3, 0.4) is 0 Å². The molecule has 8 nitrogen and oxygen atoms in total. The maximum absolute atomic E-state index is 5.57. The highest BCUT2D eigenvalue weighted by Crippen LogP contribution is 2.39. The van der Waals surface area contributed by atoms with Gasteiger partial charge in [0.1, 0.15) is 5.82 Å². The summed E-state index contributed by atoms with van der Waals surface area (Å²) in [6, 6.07) is 14.0. The third kappa shape index (κ3) is 5.32. The summed E-state index contributed by atoms with van der Waals surface area (Å²) in [4.78, 5) is 14.3. The Morgan fingerprint density at radius 1 is 1.03 bits per heavy atom. The van der Waals surface area contributed by atoms with Gasteiger partial charge in [-0.1, -0.05) is 36.4 Å². The Morgan fingerprint density at radius 3 is 2.44 bits per heavy atom. The van der Waals surface area contributed by atoms with E-state index in [1.807, 2.05) is 48.5 Å². The SMILES string of the molecule is CN=C(NCCc1ccc(OC)c(OC)c1OC)N(C)Cc1ncc(-c2ccccc2)[nH]1. The van der Waals surface area contributed by atoms with Gasteiger partial charge in [-0.05, 0) is 18.1 Å². The van der Waals surface area contributed by atoms with Crippen molar-refractivity contribution in [3.8, 4) is 28.5 Å². The number of ether oxygens (including phenoxy) is 3. The molecule has 0 fully saturated rings. The summed E-state index contributed by atoms with van der Waals surface area (Å²) in [5, 5.41) is 3.40. The molecule has 32 heavy (non-hydrogen) atoms. The number of hydrogen-bond donors (Lipinski definition) is 2. The second-order valence-corrected chi connectivity index (χ2v) is 7.18. The highest BCUT2D eigenvalue weighted by molar-refractivity contribution is 5.79. The Kier molecular flexibility index (Phi) is 7.96. The van der Waals surface area contributed by atoms with E-state index in [-0.39, 0.29) is 0 Å². The van der Waals surface area contributed by atoms with Crippen LogP contribution < -0.4 is 19.5 Å². The smallest absolute Gasteiger partial charge is 0.203 e. The molecule has 0 amide bonds. The molecule has 8 heteroatoms. The summed E-state index contributed by atoms with van der Waals surface area (Å²) in [6.45, 7) is 1.28. The van der Waals surface area contributed by atoms with Crippen molar-refractivity contribution in [3.05, 3.63) is 60.0 Å². The van der Waals surface area contributed by atoms with Gasteiger partial charge in [0, 0.05) is 26.2 Å². The van der Waals surface area contributed by atoms with Gasteiger partial charge in [-0.15, -0.1) is 0 Å². The van der Waals surface area contributed by atoms with Gasteiger partial charge in [-0.2, -0.15) is 0 Å². The Morgan fingerprint density at radius 2 is 1.78 bits per heavy atom. The number of H-pyrrole nitrogens is 1. The minimum atomic E-state index is 0.598. The van der Waals surface area contributed by atoms with Crippen LogP contribution in [0.2, 0.25) is 0 Å². The summed E-state index contributed by atoms with van der Waals surface area (Å²) in [6.07, 6.45) is 2.59. The lowest BCUT2D eigenvalue weighted by Gasteiger charge is -2.21. The number of aromatic amines is 1. The summed E-state index contributed by atoms with van der Waals surface area (Å²) in [5.74, 6) is 3.57. The predicted octanol–water partition coefficient (Wildman–Crippen LogP) is 3.35. The average Bonchev–Trinajstić information content (AvgIpc) is 3.30. The van der Waals surface area contributed by atoms with Crippen LogP contribution in [-0.2, 0) is 13.0 Å². The van der Waals surface area contributed by atoms with Gasteiger partial charge >= 0.3 is 0 Å². The van der Waals surface area contributed by atoms with Gasteiger partial charge in [-0.3, -0.25) is 4.99 Å². The molecule has 0 aliphatic carbocycles. The zero-order valence-corrected chi connectivity index (χ0v) is 19.3. The molecule has 0 saturated heterocycles. The van der Waals surface area contributed by atoms with Crippen LogP contribution in [0.5, 0.6) is 17.2 Å². The molecule has 0 radical (unpaired) electrons. The standard InChI is InChI=1S/C24H31N5O3/c1-25-24(26-14-13-18-11-12-20(30-3)23(32-5)22(18)31-4)29(2)16-21-27-15-19(28-21)17-9-7-6-8-10-17/h6-12,15H,13-14,16H2,1-5H3,(H,25,26)(H,27,28). The van der Waals surface area contributed by atoms with Gasteiger partial charge < -0.3 is 29.4 Å². The minimum Gasteiger partial charge on any atom is -0.493 e. The number of nitrogens with one attached hydrogen (secondary N) is 2. The topological polar surface area (TPSA) is 84.0 Å². The number of rotatable bonds is 9. The first-order valence-corrected chi connectivity index (χ1v) is 10.4. The molecule has 1 heterocycles. The van der Waals surface area contributed by atoms with Crippen molar-refractivity contribution in [2.24, 2.45) is 4.99 Å². The fourth-order valence-corrected chi connectivity index (χ4v) is 3.56. The summed E-state index contributed by atoms with van der Waals surface area (Å²) in [7, 11) is 8.61. The van der Waals surface area contributed by atoms with Crippen LogP contribution in [0, 0.1) is 0 Å². The van der Waals surface area contributed by atoms with Crippen molar-refractivity contribution in [2.45, 2.75) is 13.0 Å². The number of methoxy groups -OCH3 is 3. The van der Waals surface area contributed by atoms with Gasteiger partial charge in [0.2, 0.25) is 5.75 Å². The third-order valence-electron chi connectivity index (χ3n) is 5.14. The fraction of sp³-hybridized carbons (Fsp3) is 0.333. The van der Waals surface area contributed by atoms with E-state index >= 15 is 0 Å². The quantitative estimate of drug-likeness (QED) is 0.395. The number of guanidine groups is 1. The van der Waals surface area contributed by atoms with E-state index < -0.39 is 0 Å². The molecule has 2 N–H and O–H groups in total. The molecule has 0 spiro atoms. The van der Waals surface area contributed by atoms with Crippen molar-refractivity contribution >= 4 is 5.96 Å². The molecule has 0 unspecified atom stereocenters. The average molecular weight is 438 g/mol. The second kappa shape index (κ2) is 11.1. The monoisotopic (exact) mass is 437 g/mol. The molecule has 0 aliphatic heterocycles. The van der Waals surface area contributed by atoms with E-state index in [0.29, 0.717) is 30.3 Å². The zero-order chi connectivity index (χ0) is 22.9. The third-order valence-corrected chi connectivity index (χ3v) is 5.14. The van der Waals surface area contributed by atoms with Crippen LogP contribution >= 0.6 is 0 Å². The maximum Gasteiger partial charge on any atom is 0.203 e. The van der Waals surface area contributed by atoms with E-state index in [1.165, 1.54) is 0 Å². The lowest BCUT2D eigenvalue weighted by atomic mass is 10.1. The van der Waals surface area contributed by atoms with E-state index in [4.69, 9.17) is 14.2 Å². The Bertz CT molecular complexity index is 1030. The van der Waals surface area contributed by atoms with Crippen molar-refractivity contribution in [1.29, 1.82) is 0 Å². The normalized spacial score (nSPS) is 11.2. The number of hydrogen-bond acceptors (Lipinski definition) is 5. The first-order valence-electron chi connectivity index (χ1n) is 10.4. The van der Waals surface area contributed by atoms with Crippen LogP contribution in [0.1, 0.15) is 11.4 Å². The van der Waals surface area contributed by atoms with E-state index in [0.717, 1.165) is 35.0 Å². The van der Waals surface area contributed by atoms with Crippen LogP contribution in [0.4, 0.5) is 0 Å². The Balaban J connectivity index is 1.60. The highest BCUT2D eigenvalue weighted by atomic mass is 16.5. The molecule has 2 aromatic carbocycles. The first-order chi connectivity index (χ1) is 15.6. The van der Waals surface area contributed by atoms with E-state index in [9.17, 15) is 0 Å². The van der Waals surface area contributed by atoms with Crippen LogP contribution in [0.15, 0.2) is 53.7 Å². The lowest BCUT2D eigenvalue weighted by Crippen LogP contribution is -2.39. The molecule has 0 aliphatic rings. The fourth-order valence-electron chi connectivity index (χ4n) is 3.56. The number of benzene rings is 2. The largest absolute Gasteiger partial charge is 0.493 e. The second-order valence-electron chi connectivity index (χ2n) is 7.18. The summed E-state index contributed by atoms with van der Waals surface area (Å²) in [5.41, 5.74) is 3.13. The minimum absolute atomic E-state index is 0.598. The summed E-state index contributed by atoms with van der Waals surface area (Å²) < 4.78 is 16.4. The molecular weight excluding hydrogens is 406 g/mol. The van der Waals surface area contributed by atoms with Crippen molar-refractivity contribution in [3.63, 3.8) is 0 Å². The molecular formula is C24H31N5O3. The van der Waals surface area contributed by atoms with Gasteiger partial charge in [0.25, 0.3) is 0 Å². The molecule has 1 aromatic heterocycles. The molecule has 0 bridgehead atoms. The van der Waals surface area contributed by atoms with Crippen molar-refractivity contribution in [2.75, 3.05) is 42.0 Å². The molecule has 0 atom stereocenters.